The highest BCUT2D eigenvalue weighted by molar-refractivity contribution is 9.09. The van der Waals surface area contributed by atoms with Crippen molar-refractivity contribution >= 4 is 21.8 Å². The van der Waals surface area contributed by atoms with Crippen molar-refractivity contribution in [1.29, 1.82) is 0 Å². The van der Waals surface area contributed by atoms with Gasteiger partial charge in [-0.15, -0.1) is 0 Å². The van der Waals surface area contributed by atoms with Crippen LogP contribution >= 0.6 is 15.9 Å². The number of benzene rings is 1. The van der Waals surface area contributed by atoms with Crippen molar-refractivity contribution in [2.75, 3.05) is 11.9 Å². The number of carbonyl (C=O) groups excluding carboxylic acids is 1. The molecule has 0 heterocycles. The maximum absolute atomic E-state index is 10.7. The molecule has 0 unspecified atom stereocenters. The van der Waals surface area contributed by atoms with Crippen LogP contribution in [0.2, 0.25) is 0 Å². The molecule has 0 aliphatic carbocycles. The molecule has 1 rings (SSSR count). The predicted octanol–water partition coefficient (Wildman–Crippen LogP) is 2.95. The number of aryl methyl sites for hydroxylation is 1. The molecule has 0 fully saturated rings. The minimum Gasteiger partial charge on any atom is -0.503 e. The van der Waals surface area contributed by atoms with E-state index in [0.717, 1.165) is 0 Å². The molecule has 2 N–H and O–H groups in total. The third-order valence-corrected chi connectivity index (χ3v) is 2.10. The van der Waals surface area contributed by atoms with Crippen LogP contribution in [0.5, 0.6) is 0 Å². The van der Waals surface area contributed by atoms with Crippen LogP contribution in [-0.2, 0) is 4.79 Å². The van der Waals surface area contributed by atoms with E-state index in [0.29, 0.717) is 11.9 Å². The smallest absolute Gasteiger partial charge is 0.285 e. The number of alkyl halides is 1. The third-order valence-electron chi connectivity index (χ3n) is 1.78. The first-order chi connectivity index (χ1) is 8.11. The Morgan fingerprint density at radius 1 is 1.41 bits per heavy atom. The Hall–Kier alpha value is -1.29. The van der Waals surface area contributed by atoms with E-state index >= 15 is 0 Å². The number of rotatable bonds is 3. The van der Waals surface area contributed by atoms with Gasteiger partial charge in [0.15, 0.2) is 5.76 Å². The van der Waals surface area contributed by atoms with Crippen molar-refractivity contribution < 1.29 is 9.90 Å². The molecule has 0 bridgehead atoms. The first-order valence-corrected chi connectivity index (χ1v) is 6.48. The first kappa shape index (κ1) is 15.7. The lowest BCUT2D eigenvalue weighted by molar-refractivity contribution is -0.119. The van der Waals surface area contributed by atoms with Crippen molar-refractivity contribution in [3.8, 4) is 0 Å². The molecule has 0 aromatic heterocycles. The maximum Gasteiger partial charge on any atom is 0.285 e. The molecule has 1 amide bonds. The highest BCUT2D eigenvalue weighted by Crippen LogP contribution is 1.92. The maximum atomic E-state index is 10.7. The zero-order valence-corrected chi connectivity index (χ0v) is 11.7. The number of likely N-dealkylation sites (N-methyl/N-ethyl adjacent to an activating group) is 1. The Balaban J connectivity index is 0.000000318. The SMILES string of the molecule is CCNC(=O)/C(O)=C\CBr.Cc1ccccc1. The molecule has 0 spiro atoms. The highest BCUT2D eigenvalue weighted by Gasteiger charge is 2.02. The van der Waals surface area contributed by atoms with E-state index in [1.165, 1.54) is 11.6 Å². The lowest BCUT2D eigenvalue weighted by Crippen LogP contribution is -2.24. The first-order valence-electron chi connectivity index (χ1n) is 5.36. The molecule has 17 heavy (non-hydrogen) atoms. The van der Waals surface area contributed by atoms with Crippen LogP contribution in [-0.4, -0.2) is 22.9 Å². The summed E-state index contributed by atoms with van der Waals surface area (Å²) in [6.07, 6.45) is 1.39. The molecule has 0 aliphatic rings. The molecule has 0 radical (unpaired) electrons. The van der Waals surface area contributed by atoms with E-state index < -0.39 is 5.91 Å². The van der Waals surface area contributed by atoms with Gasteiger partial charge in [-0.25, -0.2) is 0 Å². The Kier molecular flexibility index (Phi) is 9.15. The summed E-state index contributed by atoms with van der Waals surface area (Å²) in [5.74, 6) is -0.666. The molecule has 4 heteroatoms. The second-order valence-corrected chi connectivity index (χ2v) is 3.91. The quantitative estimate of drug-likeness (QED) is 0.512. The van der Waals surface area contributed by atoms with E-state index in [2.05, 4.69) is 40.3 Å². The molecular formula is C13H18BrNO2. The summed E-state index contributed by atoms with van der Waals surface area (Å²) < 4.78 is 0. The fraction of sp³-hybridized carbons (Fsp3) is 0.308. The number of nitrogens with one attached hydrogen (secondary N) is 1. The molecule has 0 saturated heterocycles. The zero-order chi connectivity index (χ0) is 13.1. The third kappa shape index (κ3) is 8.51. The van der Waals surface area contributed by atoms with Gasteiger partial charge >= 0.3 is 0 Å². The molecule has 0 aliphatic heterocycles. The average Bonchev–Trinajstić information content (AvgIpc) is 2.31. The van der Waals surface area contributed by atoms with Gasteiger partial charge in [0, 0.05) is 11.9 Å². The van der Waals surface area contributed by atoms with Crippen LogP contribution in [0.25, 0.3) is 0 Å². The van der Waals surface area contributed by atoms with E-state index in [1.807, 2.05) is 18.2 Å². The van der Waals surface area contributed by atoms with Gasteiger partial charge in [-0.05, 0) is 19.9 Å². The fourth-order valence-electron chi connectivity index (χ4n) is 0.951. The largest absolute Gasteiger partial charge is 0.503 e. The summed E-state index contributed by atoms with van der Waals surface area (Å²) in [6, 6.07) is 10.3. The molecule has 1 aromatic rings. The zero-order valence-electron chi connectivity index (χ0n) is 10.1. The van der Waals surface area contributed by atoms with Crippen LogP contribution in [0.15, 0.2) is 42.2 Å². The molecule has 0 atom stereocenters. The number of hydrogen-bond donors (Lipinski definition) is 2. The average molecular weight is 300 g/mol. The summed E-state index contributed by atoms with van der Waals surface area (Å²) in [5.41, 5.74) is 1.32. The number of aliphatic hydroxyl groups is 1. The number of allylic oxidation sites excluding steroid dienone is 1. The second kappa shape index (κ2) is 9.90. The van der Waals surface area contributed by atoms with E-state index in [4.69, 9.17) is 5.11 Å². The van der Waals surface area contributed by atoms with Crippen LogP contribution in [0.4, 0.5) is 0 Å². The predicted molar refractivity (Wildman–Crippen MR) is 74.4 cm³/mol. The Bertz CT molecular complexity index is 350. The van der Waals surface area contributed by atoms with Gasteiger partial charge in [-0.1, -0.05) is 51.8 Å². The van der Waals surface area contributed by atoms with Crippen LogP contribution < -0.4 is 5.32 Å². The van der Waals surface area contributed by atoms with Gasteiger partial charge in [-0.3, -0.25) is 4.79 Å². The summed E-state index contributed by atoms with van der Waals surface area (Å²) in [4.78, 5) is 10.7. The van der Waals surface area contributed by atoms with Crippen molar-refractivity contribution in [2.24, 2.45) is 0 Å². The number of aliphatic hydroxyl groups excluding tert-OH is 1. The van der Waals surface area contributed by atoms with Gasteiger partial charge in [0.05, 0.1) is 0 Å². The normalized spacial score (nSPS) is 10.2. The van der Waals surface area contributed by atoms with Gasteiger partial charge < -0.3 is 10.4 Å². The van der Waals surface area contributed by atoms with Crippen molar-refractivity contribution in [2.45, 2.75) is 13.8 Å². The summed E-state index contributed by atoms with van der Waals surface area (Å²) in [6.45, 7) is 4.40. The number of hydrogen-bond acceptors (Lipinski definition) is 2. The molecular weight excluding hydrogens is 282 g/mol. The van der Waals surface area contributed by atoms with Gasteiger partial charge in [-0.2, -0.15) is 0 Å². The summed E-state index contributed by atoms with van der Waals surface area (Å²) >= 11 is 3.05. The topological polar surface area (TPSA) is 49.3 Å². The monoisotopic (exact) mass is 299 g/mol. The highest BCUT2D eigenvalue weighted by atomic mass is 79.9. The minimum absolute atomic E-state index is 0.237. The number of carbonyl (C=O) groups is 1. The van der Waals surface area contributed by atoms with Crippen LogP contribution in [0.3, 0.4) is 0 Å². The summed E-state index contributed by atoms with van der Waals surface area (Å²) in [7, 11) is 0. The Morgan fingerprint density at radius 2 is 2.00 bits per heavy atom. The molecule has 3 nitrogen and oxygen atoms in total. The lowest BCUT2D eigenvalue weighted by atomic mass is 10.2. The second-order valence-electron chi connectivity index (χ2n) is 3.26. The summed E-state index contributed by atoms with van der Waals surface area (Å²) in [5, 5.41) is 11.8. The standard InChI is InChI=1S/C7H8.C6H10BrNO2/c1-7-5-3-2-4-6-7;1-2-8-6(10)5(9)3-4-7/h2-6H,1H3;3,9H,2,4H2,1H3,(H,8,10)/b;5-3+. The van der Waals surface area contributed by atoms with Crippen LogP contribution in [0.1, 0.15) is 12.5 Å². The molecule has 1 aromatic carbocycles. The van der Waals surface area contributed by atoms with E-state index in [-0.39, 0.29) is 5.76 Å². The molecule has 0 saturated carbocycles. The van der Waals surface area contributed by atoms with Gasteiger partial charge in [0.2, 0.25) is 0 Å². The van der Waals surface area contributed by atoms with Crippen molar-refractivity contribution in [3.63, 3.8) is 0 Å². The number of amides is 1. The van der Waals surface area contributed by atoms with E-state index in [9.17, 15) is 4.79 Å². The van der Waals surface area contributed by atoms with Crippen LogP contribution in [0, 0.1) is 6.92 Å². The van der Waals surface area contributed by atoms with Gasteiger partial charge in [0.25, 0.3) is 5.91 Å². The Labute approximate surface area is 111 Å². The van der Waals surface area contributed by atoms with Crippen molar-refractivity contribution in [1.82, 2.24) is 5.32 Å². The Morgan fingerprint density at radius 3 is 2.35 bits per heavy atom. The van der Waals surface area contributed by atoms with Crippen molar-refractivity contribution in [3.05, 3.63) is 47.7 Å². The minimum atomic E-state index is -0.429. The van der Waals surface area contributed by atoms with Gasteiger partial charge in [0.1, 0.15) is 0 Å². The molecule has 94 valence electrons. The lowest BCUT2D eigenvalue weighted by Gasteiger charge is -1.98. The van der Waals surface area contributed by atoms with E-state index in [1.54, 1.807) is 6.92 Å². The fourth-order valence-corrected chi connectivity index (χ4v) is 1.26. The number of halogens is 1.